The van der Waals surface area contributed by atoms with Crippen LogP contribution in [0.1, 0.15) is 55.6 Å². The van der Waals surface area contributed by atoms with Gasteiger partial charge in [0.2, 0.25) is 5.60 Å². The molecule has 4 aliphatic rings. The van der Waals surface area contributed by atoms with Crippen LogP contribution in [0.5, 0.6) is 0 Å². The van der Waals surface area contributed by atoms with Gasteiger partial charge in [-0.25, -0.2) is 0 Å². The smallest absolute Gasteiger partial charge is 0.220 e. The quantitative estimate of drug-likeness (QED) is 0.196. The molecule has 7 heteroatoms. The molecule has 250 valence electrons. The standard InChI is InChI=1S/C43H38ClN3O3/c1-26-11-15-28(16-12-26)35-23-47(4)43(34-10-6-8-29-7-5-9-33(36(29)34)39(43)48)41(35)24-46(3)25-42(40(41)49)37(30-17-13-27(2)14-18-30)38(45-50-42)31-19-21-32(44)22-20-31/h5-22,35,37H,23-25H2,1-4H3/t35-,37+,41+,42?,43+/m1/s1. The number of fused-ring (bicyclic) bond motifs is 2. The largest absolute Gasteiger partial charge is 0.378 e. The number of carbonyl (C=O) groups is 2. The number of hydrogen-bond donors (Lipinski definition) is 0. The molecule has 5 aromatic carbocycles. The van der Waals surface area contributed by atoms with E-state index in [9.17, 15) is 0 Å². The zero-order valence-corrected chi connectivity index (χ0v) is 29.4. The Kier molecular flexibility index (Phi) is 6.86. The Morgan fingerprint density at radius 2 is 1.42 bits per heavy atom. The number of piperidine rings is 1. The van der Waals surface area contributed by atoms with Gasteiger partial charge < -0.3 is 9.74 Å². The van der Waals surface area contributed by atoms with Gasteiger partial charge >= 0.3 is 0 Å². The summed E-state index contributed by atoms with van der Waals surface area (Å²) in [6.45, 7) is 5.35. The van der Waals surface area contributed by atoms with Gasteiger partial charge in [-0.15, -0.1) is 0 Å². The van der Waals surface area contributed by atoms with Gasteiger partial charge in [0.25, 0.3) is 0 Å². The second-order valence-electron chi connectivity index (χ2n) is 14.9. The molecule has 0 N–H and O–H groups in total. The number of Topliss-reactive ketones (excluding diaryl/α,β-unsaturated/α-hetero) is 2. The van der Waals surface area contributed by atoms with E-state index >= 15 is 9.59 Å². The summed E-state index contributed by atoms with van der Waals surface area (Å²) < 4.78 is 0. The lowest BCUT2D eigenvalue weighted by Crippen LogP contribution is -2.72. The summed E-state index contributed by atoms with van der Waals surface area (Å²) in [5.74, 6) is -0.943. The molecule has 2 fully saturated rings. The molecule has 0 amide bonds. The van der Waals surface area contributed by atoms with Crippen LogP contribution in [0.3, 0.4) is 0 Å². The van der Waals surface area contributed by atoms with E-state index in [1.165, 1.54) is 0 Å². The molecule has 0 saturated carbocycles. The van der Waals surface area contributed by atoms with Crippen molar-refractivity contribution >= 4 is 39.7 Å². The van der Waals surface area contributed by atoms with Gasteiger partial charge in [-0.1, -0.05) is 125 Å². The van der Waals surface area contributed by atoms with E-state index in [2.05, 4.69) is 97.4 Å². The van der Waals surface area contributed by atoms with Crippen LogP contribution >= 0.6 is 11.6 Å². The molecule has 9 rings (SSSR count). The average molecular weight is 680 g/mol. The molecule has 50 heavy (non-hydrogen) atoms. The fraction of sp³-hybridized carbons (Fsp3) is 0.279. The molecule has 1 aliphatic carbocycles. The Morgan fingerprint density at radius 3 is 2.10 bits per heavy atom. The number of benzene rings is 5. The SMILES string of the molecule is Cc1ccc([C@H]2C(c3ccc(Cl)cc3)=NOC23CN(C)C[C@@]2(C3=O)[C@@H](c3ccc(C)cc3)CN(C)[C@@]23C(=O)c2cccc4cccc3c24)cc1. The Bertz CT molecular complexity index is 2240. The predicted molar refractivity (Wildman–Crippen MR) is 197 cm³/mol. The van der Waals surface area contributed by atoms with Crippen LogP contribution in [0.15, 0.2) is 114 Å². The molecule has 2 saturated heterocycles. The van der Waals surface area contributed by atoms with E-state index < -0.39 is 22.5 Å². The van der Waals surface area contributed by atoms with Gasteiger partial charge in [0.15, 0.2) is 11.6 Å². The highest BCUT2D eigenvalue weighted by Crippen LogP contribution is 2.67. The van der Waals surface area contributed by atoms with Crippen molar-refractivity contribution in [3.63, 3.8) is 0 Å². The van der Waals surface area contributed by atoms with Gasteiger partial charge in [0.1, 0.15) is 5.54 Å². The van der Waals surface area contributed by atoms with E-state index in [1.54, 1.807) is 0 Å². The van der Waals surface area contributed by atoms with Gasteiger partial charge in [0, 0.05) is 41.7 Å². The third-order valence-electron chi connectivity index (χ3n) is 12.0. The lowest BCUT2D eigenvalue weighted by molar-refractivity contribution is -0.173. The van der Waals surface area contributed by atoms with Crippen molar-refractivity contribution in [2.75, 3.05) is 33.7 Å². The van der Waals surface area contributed by atoms with Crippen molar-refractivity contribution in [3.05, 3.63) is 153 Å². The number of likely N-dealkylation sites (tertiary alicyclic amines) is 2. The van der Waals surface area contributed by atoms with Crippen LogP contribution in [0.25, 0.3) is 10.8 Å². The van der Waals surface area contributed by atoms with Crippen molar-refractivity contribution in [1.82, 2.24) is 9.80 Å². The number of likely N-dealkylation sites (N-methyl/N-ethyl adjacent to an activating group) is 2. The lowest BCUT2D eigenvalue weighted by Gasteiger charge is -2.55. The molecule has 3 spiro atoms. The molecule has 0 bridgehead atoms. The van der Waals surface area contributed by atoms with E-state index in [0.717, 1.165) is 44.2 Å². The van der Waals surface area contributed by atoms with E-state index in [-0.39, 0.29) is 17.5 Å². The number of hydrogen-bond acceptors (Lipinski definition) is 6. The average Bonchev–Trinajstić information content (AvgIpc) is 3.70. The van der Waals surface area contributed by atoms with Crippen molar-refractivity contribution in [2.45, 2.75) is 36.8 Å². The summed E-state index contributed by atoms with van der Waals surface area (Å²) >= 11 is 6.34. The van der Waals surface area contributed by atoms with Crippen molar-refractivity contribution in [3.8, 4) is 0 Å². The minimum Gasteiger partial charge on any atom is -0.378 e. The summed E-state index contributed by atoms with van der Waals surface area (Å²) in [4.78, 5) is 43.1. The summed E-state index contributed by atoms with van der Waals surface area (Å²) in [5, 5.41) is 7.36. The molecule has 3 heterocycles. The van der Waals surface area contributed by atoms with E-state index in [1.807, 2.05) is 49.5 Å². The maximum atomic E-state index is 16.5. The highest BCUT2D eigenvalue weighted by atomic mass is 35.5. The van der Waals surface area contributed by atoms with Crippen LogP contribution in [0.2, 0.25) is 5.02 Å². The van der Waals surface area contributed by atoms with Crippen LogP contribution in [-0.2, 0) is 15.2 Å². The first-order valence-corrected chi connectivity index (χ1v) is 17.7. The van der Waals surface area contributed by atoms with Crippen molar-refractivity contribution < 1.29 is 14.4 Å². The van der Waals surface area contributed by atoms with Crippen LogP contribution in [0, 0.1) is 19.3 Å². The number of halogens is 1. The maximum absolute atomic E-state index is 16.5. The number of ketones is 2. The van der Waals surface area contributed by atoms with Gasteiger partial charge in [-0.3, -0.25) is 14.5 Å². The van der Waals surface area contributed by atoms with Crippen LogP contribution < -0.4 is 0 Å². The number of aryl methyl sites for hydroxylation is 2. The molecule has 1 unspecified atom stereocenters. The van der Waals surface area contributed by atoms with Gasteiger partial charge in [-0.2, -0.15) is 0 Å². The fourth-order valence-corrected chi connectivity index (χ4v) is 10.2. The number of nitrogens with zero attached hydrogens (tertiary/aromatic N) is 3. The van der Waals surface area contributed by atoms with E-state index in [0.29, 0.717) is 35.9 Å². The number of oxime groups is 1. The first-order valence-electron chi connectivity index (χ1n) is 17.3. The summed E-state index contributed by atoms with van der Waals surface area (Å²) in [6.07, 6.45) is 0. The molecule has 6 nitrogen and oxygen atoms in total. The molecular weight excluding hydrogens is 642 g/mol. The second-order valence-corrected chi connectivity index (χ2v) is 15.3. The summed E-state index contributed by atoms with van der Waals surface area (Å²) in [6, 6.07) is 36.5. The summed E-state index contributed by atoms with van der Waals surface area (Å²) in [7, 11) is 4.08. The van der Waals surface area contributed by atoms with Crippen LogP contribution in [0.4, 0.5) is 0 Å². The Hall–Kier alpha value is -4.62. The first kappa shape index (κ1) is 31.4. The maximum Gasteiger partial charge on any atom is 0.220 e. The van der Waals surface area contributed by atoms with Crippen molar-refractivity contribution in [1.29, 1.82) is 0 Å². The zero-order chi connectivity index (χ0) is 34.6. The molecule has 0 radical (unpaired) electrons. The Balaban J connectivity index is 1.33. The molecule has 0 aromatic heterocycles. The van der Waals surface area contributed by atoms with Crippen LogP contribution in [-0.4, -0.2) is 66.4 Å². The predicted octanol–water partition coefficient (Wildman–Crippen LogP) is 7.69. The molecule has 3 aliphatic heterocycles. The molecular formula is C43H38ClN3O3. The third-order valence-corrected chi connectivity index (χ3v) is 12.3. The van der Waals surface area contributed by atoms with Crippen molar-refractivity contribution in [2.24, 2.45) is 10.6 Å². The highest BCUT2D eigenvalue weighted by molar-refractivity contribution is 6.30. The van der Waals surface area contributed by atoms with Gasteiger partial charge in [0.05, 0.1) is 17.0 Å². The molecule has 5 atom stereocenters. The second kappa shape index (κ2) is 10.9. The Labute approximate surface area is 297 Å². The minimum atomic E-state index is -1.42. The number of rotatable bonds is 3. The lowest BCUT2D eigenvalue weighted by atomic mass is 9.52. The zero-order valence-electron chi connectivity index (χ0n) is 28.6. The fourth-order valence-electron chi connectivity index (χ4n) is 10.0. The third kappa shape index (κ3) is 3.95. The summed E-state index contributed by atoms with van der Waals surface area (Å²) in [5.41, 5.74) is 3.41. The van der Waals surface area contributed by atoms with E-state index in [4.69, 9.17) is 21.6 Å². The molecule has 5 aromatic rings. The van der Waals surface area contributed by atoms with Gasteiger partial charge in [-0.05, 0) is 67.5 Å². The first-order chi connectivity index (χ1) is 24.1. The minimum absolute atomic E-state index is 0.0241. The topological polar surface area (TPSA) is 62.2 Å². The highest BCUT2D eigenvalue weighted by Gasteiger charge is 2.79. The monoisotopic (exact) mass is 679 g/mol. The Morgan fingerprint density at radius 1 is 0.780 bits per heavy atom. The number of carbonyl (C=O) groups excluding carboxylic acids is 2. The normalized spacial score (nSPS) is 29.1.